The fourth-order valence-corrected chi connectivity index (χ4v) is 2.16. The number of carbonyl (C=O) groups is 1. The summed E-state index contributed by atoms with van der Waals surface area (Å²) in [6, 6.07) is 1.33. The van der Waals surface area contributed by atoms with E-state index in [1.807, 2.05) is 6.07 Å². The number of amides is 2. The van der Waals surface area contributed by atoms with Gasteiger partial charge in [-0.3, -0.25) is 0 Å². The molecule has 9 heteroatoms. The van der Waals surface area contributed by atoms with Crippen LogP contribution in [0.5, 0.6) is 0 Å². The van der Waals surface area contributed by atoms with Crippen LogP contribution in [0, 0.1) is 11.3 Å². The lowest BCUT2D eigenvalue weighted by atomic mass is 10.2. The van der Waals surface area contributed by atoms with Crippen molar-refractivity contribution in [2.75, 3.05) is 20.3 Å². The Bertz CT molecular complexity index is 325. The molecule has 0 bridgehead atoms. The van der Waals surface area contributed by atoms with Crippen molar-refractivity contribution in [1.82, 2.24) is 5.32 Å². The average molecular weight is 291 g/mol. The van der Waals surface area contributed by atoms with E-state index in [-0.39, 0.29) is 21.2 Å². The molecule has 3 N–H and O–H groups in total. The predicted molar refractivity (Wildman–Crippen MR) is 67.2 cm³/mol. The van der Waals surface area contributed by atoms with Crippen molar-refractivity contribution in [3.8, 4) is 6.07 Å². The molecule has 2 amide bonds. The van der Waals surface area contributed by atoms with Gasteiger partial charge in [0.25, 0.3) is 0 Å². The Morgan fingerprint density at radius 2 is 2.42 bits per heavy atom. The van der Waals surface area contributed by atoms with E-state index in [4.69, 9.17) is 29.5 Å². The minimum absolute atomic E-state index is 0.151. The summed E-state index contributed by atoms with van der Waals surface area (Å²) in [6.07, 6.45) is -0.0541. The first-order chi connectivity index (χ1) is 9.17. The van der Waals surface area contributed by atoms with Gasteiger partial charge in [0.1, 0.15) is 12.3 Å². The topological polar surface area (TPSA) is 116 Å². The zero-order chi connectivity index (χ0) is 14.1. The zero-order valence-electron chi connectivity index (χ0n) is 10.6. The highest BCUT2D eigenvalue weighted by Crippen LogP contribution is 2.24. The lowest BCUT2D eigenvalue weighted by molar-refractivity contribution is -0.0319. The van der Waals surface area contributed by atoms with Crippen LogP contribution in [0.15, 0.2) is 0 Å². The van der Waals surface area contributed by atoms with Gasteiger partial charge in [-0.2, -0.15) is 5.26 Å². The fraction of sp³-hybridized carbons (Fsp3) is 0.800. The molecule has 1 heterocycles. The number of urea groups is 1. The maximum Gasteiger partial charge on any atom is 0.314 e. The Morgan fingerprint density at radius 1 is 1.63 bits per heavy atom. The van der Waals surface area contributed by atoms with Gasteiger partial charge in [0.2, 0.25) is 0 Å². The van der Waals surface area contributed by atoms with Gasteiger partial charge in [-0.25, -0.2) is 4.79 Å². The molecule has 1 aliphatic heterocycles. The van der Waals surface area contributed by atoms with E-state index >= 15 is 0 Å². The Morgan fingerprint density at radius 3 is 3.05 bits per heavy atom. The second kappa shape index (κ2) is 9.02. The molecule has 19 heavy (non-hydrogen) atoms. The monoisotopic (exact) mass is 291 g/mol. The largest absolute Gasteiger partial charge is 0.378 e. The van der Waals surface area contributed by atoms with Crippen molar-refractivity contribution in [2.45, 2.75) is 31.3 Å². The highest BCUT2D eigenvalue weighted by molar-refractivity contribution is 7.26. The molecule has 8 nitrogen and oxygen atoms in total. The molecule has 4 atom stereocenters. The molecular formula is C10H18N3O5P. The van der Waals surface area contributed by atoms with Gasteiger partial charge in [0.05, 0.1) is 31.8 Å². The Balaban J connectivity index is 2.20. The standard InChI is InChI=1S/C10H18N3O5P/c1-15-7-5-9(13-10(12)14)18-8(7)6-17-19-16-4-2-3-11/h7-9,19H,2,4-6H2,1H3,(H3,12,13,14)/t7-,8+,9+/m0/s1. The number of carbonyl (C=O) groups excluding carboxylic acids is 1. The first-order valence-corrected chi connectivity index (χ1v) is 6.58. The van der Waals surface area contributed by atoms with Crippen molar-refractivity contribution in [3.05, 3.63) is 0 Å². The van der Waals surface area contributed by atoms with Crippen LogP contribution in [-0.2, 0) is 18.5 Å². The van der Waals surface area contributed by atoms with E-state index in [0.717, 1.165) is 0 Å². The summed E-state index contributed by atoms with van der Waals surface area (Å²) in [5.74, 6) is 0. The molecule has 0 radical (unpaired) electrons. The van der Waals surface area contributed by atoms with Gasteiger partial charge in [-0.15, -0.1) is 0 Å². The summed E-state index contributed by atoms with van der Waals surface area (Å²) < 4.78 is 21.2. The van der Waals surface area contributed by atoms with Crippen LogP contribution in [0.2, 0.25) is 0 Å². The summed E-state index contributed by atoms with van der Waals surface area (Å²) in [5.41, 5.74) is 5.03. The maximum absolute atomic E-state index is 10.7. The number of rotatable bonds is 8. The number of methoxy groups -OCH3 is 1. The summed E-state index contributed by atoms with van der Waals surface area (Å²) in [7, 11) is 1.42. The van der Waals surface area contributed by atoms with Crippen LogP contribution in [0.25, 0.3) is 0 Å². The Hall–Kier alpha value is -0.970. The Labute approximate surface area is 113 Å². The molecule has 1 saturated heterocycles. The lowest BCUT2D eigenvalue weighted by Gasteiger charge is -2.16. The number of nitrogens with one attached hydrogen (secondary N) is 1. The maximum atomic E-state index is 10.7. The predicted octanol–water partition coefficient (Wildman–Crippen LogP) is 0.240. The van der Waals surface area contributed by atoms with Crippen molar-refractivity contribution in [3.63, 3.8) is 0 Å². The summed E-state index contributed by atoms with van der Waals surface area (Å²) >= 11 is 0. The quantitative estimate of drug-likeness (QED) is 0.489. The minimum Gasteiger partial charge on any atom is -0.378 e. The van der Waals surface area contributed by atoms with Crippen LogP contribution in [0.3, 0.4) is 0 Å². The normalized spacial score (nSPS) is 26.6. The average Bonchev–Trinajstić information content (AvgIpc) is 2.75. The first-order valence-electron chi connectivity index (χ1n) is 5.77. The van der Waals surface area contributed by atoms with Gasteiger partial charge in [0, 0.05) is 13.5 Å². The summed E-state index contributed by atoms with van der Waals surface area (Å²) in [4.78, 5) is 10.7. The van der Waals surface area contributed by atoms with Gasteiger partial charge < -0.3 is 29.6 Å². The lowest BCUT2D eigenvalue weighted by Crippen LogP contribution is -2.38. The number of ether oxygens (including phenoxy) is 2. The third-order valence-electron chi connectivity index (χ3n) is 2.49. The van der Waals surface area contributed by atoms with Gasteiger partial charge in [0.15, 0.2) is 9.03 Å². The molecule has 108 valence electrons. The SMILES string of the molecule is CO[C@H]1C[C@H](NC(N)=O)O[C@@H]1COPOCCC#N. The number of primary amides is 1. The molecule has 0 saturated carbocycles. The number of hydrogen-bond acceptors (Lipinski definition) is 6. The molecule has 1 rings (SSSR count). The minimum atomic E-state index is -0.636. The van der Waals surface area contributed by atoms with E-state index in [1.54, 1.807) is 7.11 Å². The van der Waals surface area contributed by atoms with Crippen molar-refractivity contribution < 1.29 is 23.3 Å². The molecule has 0 spiro atoms. The van der Waals surface area contributed by atoms with E-state index in [0.29, 0.717) is 26.1 Å². The molecule has 1 unspecified atom stereocenters. The van der Waals surface area contributed by atoms with Crippen molar-refractivity contribution >= 4 is 15.1 Å². The Kier molecular flexibility index (Phi) is 7.63. The second-order valence-corrected chi connectivity index (χ2v) is 4.58. The third-order valence-corrected chi connectivity index (χ3v) is 3.09. The fourth-order valence-electron chi connectivity index (χ4n) is 1.66. The smallest absolute Gasteiger partial charge is 0.314 e. The van der Waals surface area contributed by atoms with Crippen molar-refractivity contribution in [2.24, 2.45) is 5.73 Å². The number of hydrogen-bond donors (Lipinski definition) is 2. The van der Waals surface area contributed by atoms with Gasteiger partial charge >= 0.3 is 6.03 Å². The van der Waals surface area contributed by atoms with Crippen LogP contribution in [0.1, 0.15) is 12.8 Å². The first kappa shape index (κ1) is 16.1. The molecule has 0 aliphatic carbocycles. The summed E-state index contributed by atoms with van der Waals surface area (Å²) in [5, 5.41) is 10.8. The third kappa shape index (κ3) is 6.14. The van der Waals surface area contributed by atoms with E-state index < -0.39 is 12.3 Å². The van der Waals surface area contributed by atoms with E-state index in [9.17, 15) is 4.79 Å². The molecule has 0 aromatic carbocycles. The van der Waals surface area contributed by atoms with E-state index in [1.165, 1.54) is 0 Å². The van der Waals surface area contributed by atoms with Crippen LogP contribution in [-0.4, -0.2) is 44.8 Å². The van der Waals surface area contributed by atoms with Gasteiger partial charge in [-0.1, -0.05) is 0 Å². The molecular weight excluding hydrogens is 273 g/mol. The molecule has 1 aliphatic rings. The molecule has 0 aromatic rings. The highest BCUT2D eigenvalue weighted by atomic mass is 31.1. The van der Waals surface area contributed by atoms with Crippen molar-refractivity contribution in [1.29, 1.82) is 5.26 Å². The highest BCUT2D eigenvalue weighted by Gasteiger charge is 2.36. The summed E-state index contributed by atoms with van der Waals surface area (Å²) in [6.45, 7) is 0.639. The number of nitrogens with zero attached hydrogens (tertiary/aromatic N) is 1. The van der Waals surface area contributed by atoms with Crippen LogP contribution in [0.4, 0.5) is 4.79 Å². The van der Waals surface area contributed by atoms with E-state index in [2.05, 4.69) is 5.32 Å². The molecule has 0 aromatic heterocycles. The number of nitriles is 1. The zero-order valence-corrected chi connectivity index (χ0v) is 11.6. The van der Waals surface area contributed by atoms with Gasteiger partial charge in [-0.05, 0) is 0 Å². The number of nitrogens with two attached hydrogens (primary N) is 1. The van der Waals surface area contributed by atoms with Crippen LogP contribution < -0.4 is 11.1 Å². The molecule has 1 fully saturated rings. The van der Waals surface area contributed by atoms with Crippen LogP contribution >= 0.6 is 9.03 Å². The second-order valence-electron chi connectivity index (χ2n) is 3.83.